The predicted molar refractivity (Wildman–Crippen MR) is 58.0 cm³/mol. The van der Waals surface area contributed by atoms with E-state index in [-0.39, 0.29) is 17.1 Å². The van der Waals surface area contributed by atoms with E-state index >= 15 is 0 Å². The average Bonchev–Trinajstić information content (AvgIpc) is 2.16. The Hall–Kier alpha value is -1.01. The highest BCUT2D eigenvalue weighted by Gasteiger charge is 2.16. The van der Waals surface area contributed by atoms with Crippen molar-refractivity contribution in [2.24, 2.45) is 0 Å². The van der Waals surface area contributed by atoms with Gasteiger partial charge >= 0.3 is 0 Å². The summed E-state index contributed by atoms with van der Waals surface area (Å²) in [6.07, 6.45) is 0. The molecule has 0 aliphatic rings. The molecule has 0 amide bonds. The first-order valence-electron chi connectivity index (χ1n) is 4.20. The first-order valence-corrected chi connectivity index (χ1v) is 6.68. The fraction of sp³-hybridized carbons (Fsp3) is 0.333. The van der Waals surface area contributed by atoms with E-state index in [0.717, 1.165) is 6.07 Å². The lowest BCUT2D eigenvalue weighted by Crippen LogP contribution is -2.01. The van der Waals surface area contributed by atoms with Crippen LogP contribution in [-0.2, 0) is 14.8 Å². The number of methoxy groups -OCH3 is 2. The third-order valence-corrected chi connectivity index (χ3v) is 2.87. The molecule has 7 heteroatoms. The van der Waals surface area contributed by atoms with Gasteiger partial charge in [-0.25, -0.2) is 12.8 Å². The Morgan fingerprint density at radius 1 is 1.25 bits per heavy atom. The fourth-order valence-corrected chi connectivity index (χ4v) is 2.17. The van der Waals surface area contributed by atoms with Gasteiger partial charge in [0.25, 0.3) is 0 Å². The van der Waals surface area contributed by atoms with Gasteiger partial charge in [-0.2, -0.15) is 0 Å². The van der Waals surface area contributed by atoms with Crippen molar-refractivity contribution in [2.75, 3.05) is 14.2 Å². The lowest BCUT2D eigenvalue weighted by atomic mass is 10.2. The van der Waals surface area contributed by atoms with Gasteiger partial charge in [0.1, 0.15) is 5.75 Å². The van der Waals surface area contributed by atoms with E-state index in [2.05, 4.69) is 0 Å². The minimum atomic E-state index is -3.76. The molecule has 0 aliphatic heterocycles. The summed E-state index contributed by atoms with van der Waals surface area (Å²) in [4.78, 5) is 0. The van der Waals surface area contributed by atoms with Crippen LogP contribution in [0.5, 0.6) is 11.5 Å². The minimum absolute atomic E-state index is 0.0208. The SMILES string of the molecule is COc1cc(OC)c(CS(=O)(=O)Cl)cc1F. The molecule has 4 nitrogen and oxygen atoms in total. The third-order valence-electron chi connectivity index (χ3n) is 1.88. The number of hydrogen-bond acceptors (Lipinski definition) is 4. The number of benzene rings is 1. The zero-order valence-electron chi connectivity index (χ0n) is 8.66. The Bertz CT molecular complexity index is 487. The minimum Gasteiger partial charge on any atom is -0.496 e. The van der Waals surface area contributed by atoms with Crippen molar-refractivity contribution in [3.63, 3.8) is 0 Å². The molecule has 0 saturated carbocycles. The summed E-state index contributed by atoms with van der Waals surface area (Å²) in [5, 5.41) is 0. The molecule has 0 radical (unpaired) electrons. The van der Waals surface area contributed by atoms with Crippen LogP contribution in [0.4, 0.5) is 4.39 Å². The topological polar surface area (TPSA) is 52.6 Å². The molecule has 0 spiro atoms. The third kappa shape index (κ3) is 3.24. The average molecular weight is 269 g/mol. The van der Waals surface area contributed by atoms with Crippen LogP contribution in [0.1, 0.15) is 5.56 Å². The molecular weight excluding hydrogens is 259 g/mol. The molecule has 0 unspecified atom stereocenters. The van der Waals surface area contributed by atoms with Crippen molar-refractivity contribution in [3.05, 3.63) is 23.5 Å². The summed E-state index contributed by atoms with van der Waals surface area (Å²) in [5.41, 5.74) is 0.149. The second-order valence-electron chi connectivity index (χ2n) is 2.98. The monoisotopic (exact) mass is 268 g/mol. The van der Waals surface area contributed by atoms with Crippen LogP contribution in [0, 0.1) is 5.82 Å². The maximum Gasteiger partial charge on any atom is 0.236 e. The zero-order chi connectivity index (χ0) is 12.3. The molecule has 90 valence electrons. The molecule has 0 aliphatic carbocycles. The Labute approximate surface area is 97.4 Å². The van der Waals surface area contributed by atoms with Crippen molar-refractivity contribution in [1.29, 1.82) is 0 Å². The van der Waals surface area contributed by atoms with Crippen molar-refractivity contribution in [3.8, 4) is 11.5 Å². The molecule has 0 aromatic heterocycles. The molecule has 0 atom stereocenters. The number of rotatable bonds is 4. The summed E-state index contributed by atoms with van der Waals surface area (Å²) in [5.74, 6) is -0.979. The lowest BCUT2D eigenvalue weighted by molar-refractivity contribution is 0.372. The van der Waals surface area contributed by atoms with Gasteiger partial charge in [-0.1, -0.05) is 0 Å². The first-order chi connectivity index (χ1) is 7.37. The predicted octanol–water partition coefficient (Wildman–Crippen LogP) is 1.91. The standard InChI is InChI=1S/C9H10ClFO4S/c1-14-8-4-9(15-2)7(11)3-6(8)5-16(10,12)13/h3-4H,5H2,1-2H3. The molecule has 1 rings (SSSR count). The van der Waals surface area contributed by atoms with E-state index in [0.29, 0.717) is 0 Å². The van der Waals surface area contributed by atoms with Crippen molar-refractivity contribution in [2.45, 2.75) is 5.75 Å². The molecular formula is C9H10ClFO4S. The quantitative estimate of drug-likeness (QED) is 0.783. The van der Waals surface area contributed by atoms with Crippen LogP contribution in [0.15, 0.2) is 12.1 Å². The van der Waals surface area contributed by atoms with E-state index in [1.807, 2.05) is 0 Å². The van der Waals surface area contributed by atoms with Crippen LogP contribution < -0.4 is 9.47 Å². The number of halogens is 2. The van der Waals surface area contributed by atoms with Gasteiger partial charge in [0.15, 0.2) is 11.6 Å². The van der Waals surface area contributed by atoms with Gasteiger partial charge in [-0.3, -0.25) is 0 Å². The van der Waals surface area contributed by atoms with E-state index in [1.165, 1.54) is 20.3 Å². The largest absolute Gasteiger partial charge is 0.496 e. The highest BCUT2D eigenvalue weighted by molar-refractivity contribution is 8.13. The summed E-state index contributed by atoms with van der Waals surface area (Å²) in [6.45, 7) is 0. The highest BCUT2D eigenvalue weighted by atomic mass is 35.7. The Kier molecular flexibility index (Phi) is 3.98. The van der Waals surface area contributed by atoms with Crippen LogP contribution in [-0.4, -0.2) is 22.6 Å². The summed E-state index contributed by atoms with van der Waals surface area (Å²) < 4.78 is 44.8. The molecule has 1 aromatic carbocycles. The molecule has 0 fully saturated rings. The van der Waals surface area contributed by atoms with E-state index < -0.39 is 20.6 Å². The van der Waals surface area contributed by atoms with Crippen LogP contribution in [0.25, 0.3) is 0 Å². The van der Waals surface area contributed by atoms with Gasteiger partial charge < -0.3 is 9.47 Å². The van der Waals surface area contributed by atoms with Gasteiger partial charge in [0.2, 0.25) is 9.05 Å². The molecule has 1 aromatic rings. The van der Waals surface area contributed by atoms with Gasteiger partial charge in [0.05, 0.1) is 20.0 Å². The normalized spacial score (nSPS) is 11.2. The molecule has 0 bridgehead atoms. The van der Waals surface area contributed by atoms with Gasteiger partial charge in [0, 0.05) is 22.3 Å². The molecule has 16 heavy (non-hydrogen) atoms. The van der Waals surface area contributed by atoms with Gasteiger partial charge in [-0.05, 0) is 6.07 Å². The maximum absolute atomic E-state index is 13.3. The second kappa shape index (κ2) is 4.88. The summed E-state index contributed by atoms with van der Waals surface area (Å²) in [6, 6.07) is 2.30. The lowest BCUT2D eigenvalue weighted by Gasteiger charge is -2.10. The fourth-order valence-electron chi connectivity index (χ4n) is 1.22. The van der Waals surface area contributed by atoms with E-state index in [9.17, 15) is 12.8 Å². The Morgan fingerprint density at radius 2 is 1.81 bits per heavy atom. The first kappa shape index (κ1) is 13.1. The van der Waals surface area contributed by atoms with E-state index in [4.69, 9.17) is 20.2 Å². The zero-order valence-corrected chi connectivity index (χ0v) is 10.2. The molecule has 0 heterocycles. The summed E-state index contributed by atoms with van der Waals surface area (Å²) >= 11 is 0. The van der Waals surface area contributed by atoms with Crippen molar-refractivity contribution < 1.29 is 22.3 Å². The Morgan fingerprint density at radius 3 is 2.25 bits per heavy atom. The number of hydrogen-bond donors (Lipinski definition) is 0. The maximum atomic E-state index is 13.3. The number of ether oxygens (including phenoxy) is 2. The molecule has 0 N–H and O–H groups in total. The van der Waals surface area contributed by atoms with Crippen molar-refractivity contribution >= 4 is 19.7 Å². The second-order valence-corrected chi connectivity index (χ2v) is 5.76. The summed E-state index contributed by atoms with van der Waals surface area (Å²) in [7, 11) is 3.97. The van der Waals surface area contributed by atoms with Crippen LogP contribution in [0.3, 0.4) is 0 Å². The Balaban J connectivity index is 3.23. The van der Waals surface area contributed by atoms with Crippen molar-refractivity contribution in [1.82, 2.24) is 0 Å². The highest BCUT2D eigenvalue weighted by Crippen LogP contribution is 2.29. The van der Waals surface area contributed by atoms with Gasteiger partial charge in [-0.15, -0.1) is 0 Å². The van der Waals surface area contributed by atoms with Crippen LogP contribution >= 0.6 is 10.7 Å². The molecule has 0 saturated heterocycles. The van der Waals surface area contributed by atoms with E-state index in [1.54, 1.807) is 0 Å². The smallest absolute Gasteiger partial charge is 0.236 e. The van der Waals surface area contributed by atoms with Crippen LogP contribution in [0.2, 0.25) is 0 Å².